The van der Waals surface area contributed by atoms with Crippen LogP contribution in [-0.2, 0) is 14.9 Å². The summed E-state index contributed by atoms with van der Waals surface area (Å²) in [6, 6.07) is 0. The minimum absolute atomic E-state index is 0.137. The van der Waals surface area contributed by atoms with E-state index in [1.807, 2.05) is 0 Å². The first-order chi connectivity index (χ1) is 7.29. The first-order valence-corrected chi connectivity index (χ1v) is 7.05. The molecule has 1 saturated carbocycles. The number of hydrogen-bond acceptors (Lipinski definition) is 3. The van der Waals surface area contributed by atoms with E-state index in [9.17, 15) is 13.2 Å². The molecule has 0 aromatic rings. The van der Waals surface area contributed by atoms with E-state index in [4.69, 9.17) is 4.55 Å². The van der Waals surface area contributed by atoms with Crippen LogP contribution in [0.15, 0.2) is 11.1 Å². The van der Waals surface area contributed by atoms with Gasteiger partial charge in [0.1, 0.15) is 5.75 Å². The molecule has 0 aliphatic heterocycles. The number of ketones is 1. The van der Waals surface area contributed by atoms with Crippen molar-refractivity contribution in [1.82, 2.24) is 0 Å². The van der Waals surface area contributed by atoms with Crippen LogP contribution in [0.5, 0.6) is 0 Å². The van der Waals surface area contributed by atoms with Gasteiger partial charge in [0, 0.05) is 12.0 Å². The quantitative estimate of drug-likeness (QED) is 0.594. The summed E-state index contributed by atoms with van der Waals surface area (Å²) < 4.78 is 30.4. The third kappa shape index (κ3) is 4.06. The number of allylic oxidation sites excluding steroid dienone is 1. The molecule has 1 N–H and O–H groups in total. The zero-order valence-corrected chi connectivity index (χ0v) is 10.5. The number of rotatable bonds is 5. The van der Waals surface area contributed by atoms with Crippen molar-refractivity contribution in [3.05, 3.63) is 11.1 Å². The van der Waals surface area contributed by atoms with Gasteiger partial charge < -0.3 is 0 Å². The van der Waals surface area contributed by atoms with Gasteiger partial charge in [0.05, 0.1) is 0 Å². The average molecular weight is 246 g/mol. The molecule has 0 aromatic heterocycles. The fourth-order valence-electron chi connectivity index (χ4n) is 1.77. The molecule has 0 heterocycles. The van der Waals surface area contributed by atoms with Crippen molar-refractivity contribution < 1.29 is 17.8 Å². The maximum Gasteiger partial charge on any atom is 0.269 e. The summed E-state index contributed by atoms with van der Waals surface area (Å²) >= 11 is 0. The second kappa shape index (κ2) is 5.10. The van der Waals surface area contributed by atoms with Crippen LogP contribution in [0, 0.1) is 5.92 Å². The van der Waals surface area contributed by atoms with Gasteiger partial charge in [-0.3, -0.25) is 9.35 Å². The molecule has 5 heteroatoms. The third-order valence-electron chi connectivity index (χ3n) is 2.97. The number of hydrogen-bond donors (Lipinski definition) is 1. The molecule has 4 nitrogen and oxygen atoms in total. The Balaban J connectivity index is 2.70. The van der Waals surface area contributed by atoms with Gasteiger partial charge in [-0.1, -0.05) is 24.8 Å². The minimum atomic E-state index is -4.12. The highest BCUT2D eigenvalue weighted by Gasteiger charge is 2.24. The molecule has 0 unspecified atom stereocenters. The van der Waals surface area contributed by atoms with E-state index in [1.54, 1.807) is 13.8 Å². The van der Waals surface area contributed by atoms with Gasteiger partial charge in [0.15, 0.2) is 5.78 Å². The van der Waals surface area contributed by atoms with Crippen molar-refractivity contribution >= 4 is 15.9 Å². The lowest BCUT2D eigenvalue weighted by Gasteiger charge is -2.25. The van der Waals surface area contributed by atoms with E-state index in [0.717, 1.165) is 19.3 Å². The zero-order chi connectivity index (χ0) is 12.3. The molecule has 0 amide bonds. The van der Waals surface area contributed by atoms with Crippen molar-refractivity contribution in [2.45, 2.75) is 39.5 Å². The van der Waals surface area contributed by atoms with Crippen LogP contribution in [0.3, 0.4) is 0 Å². The maximum atomic E-state index is 11.8. The van der Waals surface area contributed by atoms with Gasteiger partial charge in [-0.25, -0.2) is 0 Å². The van der Waals surface area contributed by atoms with Crippen LogP contribution in [0.25, 0.3) is 0 Å². The van der Waals surface area contributed by atoms with E-state index in [0.29, 0.717) is 17.9 Å². The lowest BCUT2D eigenvalue weighted by atomic mass is 9.80. The van der Waals surface area contributed by atoms with Crippen molar-refractivity contribution in [1.29, 1.82) is 0 Å². The predicted molar refractivity (Wildman–Crippen MR) is 61.8 cm³/mol. The van der Waals surface area contributed by atoms with Crippen molar-refractivity contribution in [2.24, 2.45) is 5.92 Å². The van der Waals surface area contributed by atoms with Crippen LogP contribution in [0.4, 0.5) is 0 Å². The first kappa shape index (κ1) is 13.4. The molecule has 0 aromatic carbocycles. The SMILES string of the molecule is CC(C)=C(CS(=O)(=O)O)C(=O)CC1CCC1. The highest BCUT2D eigenvalue weighted by molar-refractivity contribution is 7.86. The van der Waals surface area contributed by atoms with Gasteiger partial charge in [0.2, 0.25) is 0 Å². The zero-order valence-electron chi connectivity index (χ0n) is 9.69. The molecule has 0 bridgehead atoms. The Kier molecular flexibility index (Phi) is 4.27. The van der Waals surface area contributed by atoms with Gasteiger partial charge in [-0.2, -0.15) is 8.42 Å². The van der Waals surface area contributed by atoms with Gasteiger partial charge in [-0.05, 0) is 19.8 Å². The Morgan fingerprint density at radius 3 is 2.19 bits per heavy atom. The first-order valence-electron chi connectivity index (χ1n) is 5.44. The molecular weight excluding hydrogens is 228 g/mol. The fourth-order valence-corrected chi connectivity index (χ4v) is 2.58. The molecule has 1 fully saturated rings. The van der Waals surface area contributed by atoms with E-state index in [1.165, 1.54) is 0 Å². The summed E-state index contributed by atoms with van der Waals surface area (Å²) in [4.78, 5) is 11.8. The number of carbonyl (C=O) groups excluding carboxylic acids is 1. The number of carbonyl (C=O) groups is 1. The summed E-state index contributed by atoms with van der Waals surface area (Å²) in [6.07, 6.45) is 3.66. The van der Waals surface area contributed by atoms with Crippen LogP contribution in [0.2, 0.25) is 0 Å². The van der Waals surface area contributed by atoms with Crippen LogP contribution in [-0.4, -0.2) is 24.5 Å². The van der Waals surface area contributed by atoms with Gasteiger partial charge in [-0.15, -0.1) is 0 Å². The predicted octanol–water partition coefficient (Wildman–Crippen LogP) is 1.97. The molecule has 16 heavy (non-hydrogen) atoms. The summed E-state index contributed by atoms with van der Waals surface area (Å²) in [5, 5.41) is 0. The summed E-state index contributed by atoms with van der Waals surface area (Å²) in [7, 11) is -4.12. The standard InChI is InChI=1S/C11H18O4S/c1-8(2)10(7-16(13,14)15)11(12)6-9-4-3-5-9/h9H,3-7H2,1-2H3,(H,13,14,15). The molecule has 0 atom stereocenters. The monoisotopic (exact) mass is 246 g/mol. The van der Waals surface area contributed by atoms with Crippen molar-refractivity contribution in [3.8, 4) is 0 Å². The Bertz CT molecular complexity index is 398. The average Bonchev–Trinajstić information content (AvgIpc) is 2.05. The fraction of sp³-hybridized carbons (Fsp3) is 0.727. The van der Waals surface area contributed by atoms with Crippen molar-refractivity contribution in [2.75, 3.05) is 5.75 Å². The van der Waals surface area contributed by atoms with E-state index < -0.39 is 15.9 Å². The van der Waals surface area contributed by atoms with E-state index in [2.05, 4.69) is 0 Å². The largest absolute Gasteiger partial charge is 0.295 e. The Morgan fingerprint density at radius 1 is 1.31 bits per heavy atom. The second-order valence-corrected chi connectivity index (χ2v) is 6.08. The topological polar surface area (TPSA) is 71.4 Å². The van der Waals surface area contributed by atoms with E-state index >= 15 is 0 Å². The molecule has 0 saturated heterocycles. The Morgan fingerprint density at radius 2 is 1.88 bits per heavy atom. The van der Waals surface area contributed by atoms with Crippen molar-refractivity contribution in [3.63, 3.8) is 0 Å². The minimum Gasteiger partial charge on any atom is -0.295 e. The van der Waals surface area contributed by atoms with Crippen LogP contribution < -0.4 is 0 Å². The Labute approximate surface area is 96.5 Å². The molecule has 0 radical (unpaired) electrons. The highest BCUT2D eigenvalue weighted by atomic mass is 32.2. The second-order valence-electron chi connectivity index (χ2n) is 4.63. The normalized spacial score (nSPS) is 16.7. The molecule has 1 rings (SSSR count). The van der Waals surface area contributed by atoms with Gasteiger partial charge in [0.25, 0.3) is 10.1 Å². The summed E-state index contributed by atoms with van der Waals surface area (Å²) in [5.74, 6) is -0.286. The van der Waals surface area contributed by atoms with E-state index in [-0.39, 0.29) is 11.4 Å². The molecule has 0 spiro atoms. The molecular formula is C11H18O4S. The van der Waals surface area contributed by atoms with Gasteiger partial charge >= 0.3 is 0 Å². The highest BCUT2D eigenvalue weighted by Crippen LogP contribution is 2.30. The molecule has 92 valence electrons. The van der Waals surface area contributed by atoms with Crippen LogP contribution in [0.1, 0.15) is 39.5 Å². The summed E-state index contributed by atoms with van der Waals surface area (Å²) in [5.41, 5.74) is 0.913. The van der Waals surface area contributed by atoms with Crippen LogP contribution >= 0.6 is 0 Å². The maximum absolute atomic E-state index is 11.8. The smallest absolute Gasteiger partial charge is 0.269 e. The Hall–Kier alpha value is -0.680. The third-order valence-corrected chi connectivity index (χ3v) is 3.62. The number of Topliss-reactive ketones (excluding diaryl/α,β-unsaturated/α-hetero) is 1. The lowest BCUT2D eigenvalue weighted by Crippen LogP contribution is -2.21. The lowest BCUT2D eigenvalue weighted by molar-refractivity contribution is -0.117. The molecule has 1 aliphatic rings. The summed E-state index contributed by atoms with van der Waals surface area (Å²) in [6.45, 7) is 3.39. The molecule has 1 aliphatic carbocycles.